The Labute approximate surface area is 86.5 Å². The normalized spacial score (nSPS) is 14.2. The van der Waals surface area contributed by atoms with Crippen molar-refractivity contribution in [2.75, 3.05) is 14.2 Å². The molecule has 0 aromatic heterocycles. The Hall–Kier alpha value is -0.450. The second-order valence-electron chi connectivity index (χ2n) is 2.16. The van der Waals surface area contributed by atoms with Gasteiger partial charge in [0.25, 0.3) is 0 Å². The van der Waals surface area contributed by atoms with Crippen molar-refractivity contribution in [3.8, 4) is 0 Å². The summed E-state index contributed by atoms with van der Waals surface area (Å²) >= 11 is 10.8. The van der Waals surface area contributed by atoms with Crippen molar-refractivity contribution in [1.29, 1.82) is 0 Å². The fourth-order valence-corrected chi connectivity index (χ4v) is 0.946. The molecule has 76 valence electrons. The van der Waals surface area contributed by atoms with Crippen LogP contribution in [0.25, 0.3) is 0 Å². The maximum absolute atomic E-state index is 11.0. The lowest BCUT2D eigenvalue weighted by atomic mass is 10.2. The van der Waals surface area contributed by atoms with Gasteiger partial charge in [-0.05, 0) is 0 Å². The molecule has 0 aliphatic heterocycles. The molecule has 0 rings (SSSR count). The van der Waals surface area contributed by atoms with E-state index < -0.39 is 16.9 Å². The number of rotatable bonds is 4. The third-order valence-electron chi connectivity index (χ3n) is 1.28. The zero-order chi connectivity index (χ0) is 10.4. The van der Waals surface area contributed by atoms with E-state index in [1.807, 2.05) is 0 Å². The van der Waals surface area contributed by atoms with Crippen LogP contribution in [0, 0.1) is 0 Å². The predicted octanol–water partition coefficient (Wildman–Crippen LogP) is 0.427. The number of nitrogens with one attached hydrogen (secondary N) is 1. The molecule has 0 aromatic carbocycles. The largest absolute Gasteiger partial charge is 0.466 e. The van der Waals surface area contributed by atoms with Gasteiger partial charge in [-0.1, -0.05) is 0 Å². The molecule has 1 atom stereocenters. The van der Waals surface area contributed by atoms with E-state index in [1.165, 1.54) is 13.3 Å². The van der Waals surface area contributed by atoms with Gasteiger partial charge in [-0.2, -0.15) is 0 Å². The molecule has 1 unspecified atom stereocenters. The van der Waals surface area contributed by atoms with E-state index >= 15 is 0 Å². The van der Waals surface area contributed by atoms with Crippen molar-refractivity contribution >= 4 is 29.2 Å². The van der Waals surface area contributed by atoms with Gasteiger partial charge in [-0.3, -0.25) is 0 Å². The number of halogens is 2. The second-order valence-corrected chi connectivity index (χ2v) is 3.32. The molecule has 0 saturated carbocycles. The van der Waals surface area contributed by atoms with Crippen molar-refractivity contribution in [3.05, 3.63) is 11.8 Å². The first-order valence-corrected chi connectivity index (χ1v) is 4.33. The van der Waals surface area contributed by atoms with Crippen molar-refractivity contribution in [3.63, 3.8) is 0 Å². The van der Waals surface area contributed by atoms with E-state index in [4.69, 9.17) is 23.2 Å². The fraction of sp³-hybridized carbons (Fsp3) is 0.571. The van der Waals surface area contributed by atoms with E-state index in [9.17, 15) is 9.90 Å². The van der Waals surface area contributed by atoms with Gasteiger partial charge in [0.2, 0.25) is 0 Å². The zero-order valence-electron chi connectivity index (χ0n) is 7.25. The van der Waals surface area contributed by atoms with Crippen LogP contribution in [0.2, 0.25) is 0 Å². The van der Waals surface area contributed by atoms with Crippen LogP contribution in [0.1, 0.15) is 0 Å². The van der Waals surface area contributed by atoms with E-state index in [0.29, 0.717) is 0 Å². The molecular formula is C7H11Cl2NO3. The highest BCUT2D eigenvalue weighted by molar-refractivity contribution is 6.45. The Balaban J connectivity index is 4.61. The third kappa shape index (κ3) is 3.85. The smallest absolute Gasteiger partial charge is 0.337 e. The number of hydrogen-bond donors (Lipinski definition) is 2. The van der Waals surface area contributed by atoms with Gasteiger partial charge in [-0.25, -0.2) is 4.79 Å². The lowest BCUT2D eigenvalue weighted by Crippen LogP contribution is -2.26. The van der Waals surface area contributed by atoms with Gasteiger partial charge < -0.3 is 15.2 Å². The molecule has 0 radical (unpaired) electrons. The van der Waals surface area contributed by atoms with Crippen LogP contribution >= 0.6 is 23.2 Å². The minimum absolute atomic E-state index is 0.0139. The van der Waals surface area contributed by atoms with Gasteiger partial charge in [0, 0.05) is 13.2 Å². The maximum atomic E-state index is 11.0. The fourth-order valence-electron chi connectivity index (χ4n) is 0.674. The number of aliphatic hydroxyl groups is 1. The highest BCUT2D eigenvalue weighted by Gasteiger charge is 2.24. The topological polar surface area (TPSA) is 58.6 Å². The number of carbonyl (C=O) groups excluding carboxylic acids is 1. The first kappa shape index (κ1) is 12.6. The molecule has 0 aromatic rings. The van der Waals surface area contributed by atoms with Crippen LogP contribution in [0.4, 0.5) is 0 Å². The van der Waals surface area contributed by atoms with Gasteiger partial charge in [0.05, 0.1) is 12.7 Å². The summed E-state index contributed by atoms with van der Waals surface area (Å²) in [4.78, 5) is 9.97. The standard InChI is InChI=1S/C7H11Cl2NO3/c1-10-3-4(7(12)13-2)5(11)6(8)9/h3,5-6,10-11H,1-2H3/b4-3-. The predicted molar refractivity (Wildman–Crippen MR) is 50.7 cm³/mol. The molecule has 6 heteroatoms. The number of aliphatic hydroxyl groups excluding tert-OH is 1. The van der Waals surface area contributed by atoms with Crippen LogP contribution < -0.4 is 5.32 Å². The maximum Gasteiger partial charge on any atom is 0.337 e. The van der Waals surface area contributed by atoms with E-state index in [-0.39, 0.29) is 5.57 Å². The Bertz CT molecular complexity index is 206. The number of ether oxygens (including phenoxy) is 1. The van der Waals surface area contributed by atoms with Crippen molar-refractivity contribution in [1.82, 2.24) is 5.32 Å². The van der Waals surface area contributed by atoms with Gasteiger partial charge in [-0.15, -0.1) is 23.2 Å². The number of carbonyl (C=O) groups is 1. The molecule has 0 amide bonds. The number of hydrogen-bond acceptors (Lipinski definition) is 4. The minimum Gasteiger partial charge on any atom is -0.466 e. The van der Waals surface area contributed by atoms with Crippen LogP contribution in [-0.4, -0.2) is 36.2 Å². The first-order chi connectivity index (χ1) is 6.04. The molecular weight excluding hydrogens is 217 g/mol. The molecule has 13 heavy (non-hydrogen) atoms. The quantitative estimate of drug-likeness (QED) is 0.416. The summed E-state index contributed by atoms with van der Waals surface area (Å²) in [5, 5.41) is 11.9. The summed E-state index contributed by atoms with van der Waals surface area (Å²) in [5.41, 5.74) is -0.0139. The Morgan fingerprint density at radius 2 is 2.15 bits per heavy atom. The van der Waals surface area contributed by atoms with Crippen LogP contribution in [0.15, 0.2) is 11.8 Å². The molecule has 4 nitrogen and oxygen atoms in total. The Morgan fingerprint density at radius 3 is 2.46 bits per heavy atom. The van der Waals surface area contributed by atoms with Crippen molar-refractivity contribution < 1.29 is 14.6 Å². The van der Waals surface area contributed by atoms with Gasteiger partial charge >= 0.3 is 5.97 Å². The molecule has 0 aliphatic carbocycles. The average Bonchev–Trinajstić information content (AvgIpc) is 2.11. The zero-order valence-corrected chi connectivity index (χ0v) is 8.76. The van der Waals surface area contributed by atoms with E-state index in [0.717, 1.165) is 0 Å². The highest BCUT2D eigenvalue weighted by atomic mass is 35.5. The Morgan fingerprint density at radius 1 is 1.62 bits per heavy atom. The number of methoxy groups -OCH3 is 1. The molecule has 0 aliphatic rings. The van der Waals surface area contributed by atoms with E-state index in [1.54, 1.807) is 7.05 Å². The van der Waals surface area contributed by atoms with Crippen LogP contribution in [-0.2, 0) is 9.53 Å². The highest BCUT2D eigenvalue weighted by Crippen LogP contribution is 2.16. The lowest BCUT2D eigenvalue weighted by molar-refractivity contribution is -0.137. The first-order valence-electron chi connectivity index (χ1n) is 3.46. The monoisotopic (exact) mass is 227 g/mol. The average molecular weight is 228 g/mol. The van der Waals surface area contributed by atoms with Crippen LogP contribution in [0.5, 0.6) is 0 Å². The molecule has 0 heterocycles. The SMILES string of the molecule is CN/C=C(\C(=O)OC)C(O)C(Cl)Cl. The molecule has 0 fully saturated rings. The third-order valence-corrected chi connectivity index (χ3v) is 1.76. The summed E-state index contributed by atoms with van der Waals surface area (Å²) in [6, 6.07) is 0. The van der Waals surface area contributed by atoms with Crippen molar-refractivity contribution in [2.45, 2.75) is 10.9 Å². The molecule has 0 bridgehead atoms. The number of esters is 1. The summed E-state index contributed by atoms with van der Waals surface area (Å²) < 4.78 is 4.41. The summed E-state index contributed by atoms with van der Waals surface area (Å²) in [7, 11) is 2.78. The second kappa shape index (κ2) is 6.07. The lowest BCUT2D eigenvalue weighted by Gasteiger charge is -2.13. The summed E-state index contributed by atoms with van der Waals surface area (Å²) in [5.74, 6) is -0.673. The molecule has 2 N–H and O–H groups in total. The number of alkyl halides is 2. The molecule has 0 saturated heterocycles. The summed E-state index contributed by atoms with van der Waals surface area (Å²) in [6.45, 7) is 0. The van der Waals surface area contributed by atoms with Gasteiger partial charge in [0.1, 0.15) is 10.9 Å². The van der Waals surface area contributed by atoms with Gasteiger partial charge in [0.15, 0.2) is 0 Å². The van der Waals surface area contributed by atoms with Crippen molar-refractivity contribution in [2.24, 2.45) is 0 Å². The molecule has 0 spiro atoms. The Kier molecular flexibility index (Phi) is 5.86. The summed E-state index contributed by atoms with van der Waals surface area (Å²) in [6.07, 6.45) is 0.0251. The minimum atomic E-state index is -1.26. The van der Waals surface area contributed by atoms with E-state index in [2.05, 4.69) is 10.1 Å². The van der Waals surface area contributed by atoms with Crippen LogP contribution in [0.3, 0.4) is 0 Å².